The molecule has 3 aromatic rings. The van der Waals surface area contributed by atoms with Gasteiger partial charge in [-0.2, -0.15) is 0 Å². The first-order valence-electron chi connectivity index (χ1n) is 12.5. The highest BCUT2D eigenvalue weighted by molar-refractivity contribution is 5.75. The Kier molecular flexibility index (Phi) is 6.44. The van der Waals surface area contributed by atoms with Gasteiger partial charge in [-0.25, -0.2) is 9.97 Å². The van der Waals surface area contributed by atoms with Crippen molar-refractivity contribution in [2.75, 3.05) is 32.1 Å². The minimum atomic E-state index is 0.537. The number of hydrogen-bond acceptors (Lipinski definition) is 4. The molecule has 0 radical (unpaired) electrons. The molecule has 1 saturated heterocycles. The number of fused-ring (bicyclic) bond motifs is 1. The van der Waals surface area contributed by atoms with E-state index in [0.717, 1.165) is 24.6 Å². The van der Waals surface area contributed by atoms with Crippen LogP contribution in [0, 0.1) is 0 Å². The van der Waals surface area contributed by atoms with E-state index >= 15 is 0 Å². The molecule has 0 N–H and O–H groups in total. The maximum atomic E-state index is 5.42. The molecule has 3 heterocycles. The highest BCUT2D eigenvalue weighted by atomic mass is 15.3. The van der Waals surface area contributed by atoms with Gasteiger partial charge in [0.15, 0.2) is 5.82 Å². The lowest BCUT2D eigenvalue weighted by Gasteiger charge is -2.26. The Morgan fingerprint density at radius 2 is 1.62 bits per heavy atom. The summed E-state index contributed by atoms with van der Waals surface area (Å²) in [4.78, 5) is 14.9. The summed E-state index contributed by atoms with van der Waals surface area (Å²) in [5.74, 6) is 1.63. The van der Waals surface area contributed by atoms with Gasteiger partial charge in [-0.1, -0.05) is 68.9 Å². The molecule has 2 fully saturated rings. The predicted octanol–water partition coefficient (Wildman–Crippen LogP) is 5.75. The van der Waals surface area contributed by atoms with Crippen molar-refractivity contribution in [2.24, 2.45) is 0 Å². The van der Waals surface area contributed by atoms with Gasteiger partial charge < -0.3 is 9.80 Å². The number of nitrogens with zero attached hydrogens (tertiary/aromatic N) is 5. The van der Waals surface area contributed by atoms with Crippen LogP contribution < -0.4 is 4.90 Å². The maximum absolute atomic E-state index is 5.42. The molecule has 1 aromatic carbocycles. The zero-order valence-electron chi connectivity index (χ0n) is 19.7. The summed E-state index contributed by atoms with van der Waals surface area (Å²) >= 11 is 0. The molecule has 5 rings (SSSR count). The Hall–Kier alpha value is -2.40. The first kappa shape index (κ1) is 21.4. The Bertz CT molecular complexity index is 1020. The van der Waals surface area contributed by atoms with Crippen molar-refractivity contribution in [3.63, 3.8) is 0 Å². The topological polar surface area (TPSA) is 36.7 Å². The van der Waals surface area contributed by atoms with Crippen LogP contribution >= 0.6 is 0 Å². The molecular weight excluding hydrogens is 394 g/mol. The second-order valence-electron chi connectivity index (χ2n) is 9.93. The average Bonchev–Trinajstić information content (AvgIpc) is 3.50. The van der Waals surface area contributed by atoms with Gasteiger partial charge in [-0.15, -0.1) is 0 Å². The standard InChI is InChI=1S/C27H37N5/c1-30(2)23-16-17-31(19-23)27-24-18-28-20-32(24)26(22-14-8-5-3-4-6-9-15-22)25(29-27)21-12-10-7-11-13-21/h7,10-13,18,20,22-23H,3-6,8-9,14-17,19H2,1-2H3/t23-/m0/s1. The number of aromatic nitrogens is 3. The first-order chi connectivity index (χ1) is 15.7. The van der Waals surface area contributed by atoms with Gasteiger partial charge in [-0.05, 0) is 33.4 Å². The van der Waals surface area contributed by atoms with Crippen LogP contribution in [0.1, 0.15) is 69.4 Å². The van der Waals surface area contributed by atoms with Crippen LogP contribution in [0.3, 0.4) is 0 Å². The fourth-order valence-corrected chi connectivity index (χ4v) is 5.68. The van der Waals surface area contributed by atoms with Gasteiger partial charge in [0.1, 0.15) is 5.52 Å². The van der Waals surface area contributed by atoms with Crippen LogP contribution in [-0.4, -0.2) is 52.5 Å². The highest BCUT2D eigenvalue weighted by Gasteiger charge is 2.29. The number of hydrogen-bond donors (Lipinski definition) is 0. The van der Waals surface area contributed by atoms with Crippen molar-refractivity contribution in [3.8, 4) is 11.3 Å². The normalized spacial score (nSPS) is 21.1. The van der Waals surface area contributed by atoms with E-state index in [-0.39, 0.29) is 0 Å². The van der Waals surface area contributed by atoms with E-state index in [0.29, 0.717) is 12.0 Å². The Morgan fingerprint density at radius 3 is 2.31 bits per heavy atom. The zero-order valence-corrected chi connectivity index (χ0v) is 19.7. The molecular formula is C27H37N5. The van der Waals surface area contributed by atoms with Crippen molar-refractivity contribution < 1.29 is 0 Å². The molecule has 1 saturated carbocycles. The van der Waals surface area contributed by atoms with Gasteiger partial charge in [0.2, 0.25) is 0 Å². The summed E-state index contributed by atoms with van der Waals surface area (Å²) in [5.41, 5.74) is 4.92. The molecule has 5 heteroatoms. The summed E-state index contributed by atoms with van der Waals surface area (Å²) in [5, 5.41) is 0. The molecule has 0 amide bonds. The fraction of sp³-hybridized carbons (Fsp3) is 0.556. The summed E-state index contributed by atoms with van der Waals surface area (Å²) in [6, 6.07) is 11.4. The molecule has 1 aliphatic heterocycles. The second-order valence-corrected chi connectivity index (χ2v) is 9.93. The van der Waals surface area contributed by atoms with Gasteiger partial charge in [0.05, 0.1) is 23.9 Å². The molecule has 0 unspecified atom stereocenters. The van der Waals surface area contributed by atoms with E-state index in [1.807, 2.05) is 12.5 Å². The molecule has 170 valence electrons. The largest absolute Gasteiger partial charge is 0.353 e. The van der Waals surface area contributed by atoms with E-state index in [1.165, 1.54) is 74.6 Å². The molecule has 1 aliphatic carbocycles. The summed E-state index contributed by atoms with van der Waals surface area (Å²) in [6.45, 7) is 2.07. The molecule has 5 nitrogen and oxygen atoms in total. The lowest BCUT2D eigenvalue weighted by molar-refractivity contribution is 0.315. The summed E-state index contributed by atoms with van der Waals surface area (Å²) < 4.78 is 2.39. The predicted molar refractivity (Wildman–Crippen MR) is 132 cm³/mol. The Morgan fingerprint density at radius 1 is 0.906 bits per heavy atom. The lowest BCUT2D eigenvalue weighted by atomic mass is 9.90. The van der Waals surface area contributed by atoms with Crippen molar-refractivity contribution >= 4 is 11.3 Å². The number of rotatable bonds is 4. The van der Waals surface area contributed by atoms with Gasteiger partial charge >= 0.3 is 0 Å². The molecule has 0 bridgehead atoms. The van der Waals surface area contributed by atoms with Crippen LogP contribution in [0.25, 0.3) is 16.8 Å². The monoisotopic (exact) mass is 431 g/mol. The number of imidazole rings is 1. The van der Waals surface area contributed by atoms with Crippen molar-refractivity contribution in [1.29, 1.82) is 0 Å². The van der Waals surface area contributed by atoms with Gasteiger partial charge in [0.25, 0.3) is 0 Å². The first-order valence-corrected chi connectivity index (χ1v) is 12.5. The average molecular weight is 432 g/mol. The van der Waals surface area contributed by atoms with Crippen LogP contribution in [0.15, 0.2) is 42.9 Å². The van der Waals surface area contributed by atoms with E-state index < -0.39 is 0 Å². The number of benzene rings is 1. The fourth-order valence-electron chi connectivity index (χ4n) is 5.68. The summed E-state index contributed by atoms with van der Waals surface area (Å²) in [6.07, 6.45) is 15.9. The highest BCUT2D eigenvalue weighted by Crippen LogP contribution is 2.39. The van der Waals surface area contributed by atoms with Crippen LogP contribution in [-0.2, 0) is 0 Å². The Balaban J connectivity index is 1.63. The molecule has 0 spiro atoms. The van der Waals surface area contributed by atoms with E-state index in [9.17, 15) is 0 Å². The minimum absolute atomic E-state index is 0.537. The zero-order chi connectivity index (χ0) is 21.9. The third-order valence-corrected chi connectivity index (χ3v) is 7.57. The molecule has 1 atom stereocenters. The third-order valence-electron chi connectivity index (χ3n) is 7.57. The lowest BCUT2D eigenvalue weighted by Crippen LogP contribution is -2.32. The second kappa shape index (κ2) is 9.62. The van der Waals surface area contributed by atoms with Crippen molar-refractivity contribution in [1.82, 2.24) is 19.3 Å². The third kappa shape index (κ3) is 4.27. The minimum Gasteiger partial charge on any atom is -0.353 e. The van der Waals surface area contributed by atoms with Crippen LogP contribution in [0.2, 0.25) is 0 Å². The van der Waals surface area contributed by atoms with Crippen molar-refractivity contribution in [2.45, 2.75) is 69.7 Å². The Labute approximate surface area is 192 Å². The molecule has 32 heavy (non-hydrogen) atoms. The smallest absolute Gasteiger partial charge is 0.155 e. The van der Waals surface area contributed by atoms with Crippen molar-refractivity contribution in [3.05, 3.63) is 48.5 Å². The van der Waals surface area contributed by atoms with Crippen LogP contribution in [0.4, 0.5) is 5.82 Å². The summed E-state index contributed by atoms with van der Waals surface area (Å²) in [7, 11) is 4.37. The number of likely N-dealkylation sites (N-methyl/N-ethyl adjacent to an activating group) is 1. The van der Waals surface area contributed by atoms with Gasteiger partial charge in [0, 0.05) is 30.6 Å². The van der Waals surface area contributed by atoms with Gasteiger partial charge in [-0.3, -0.25) is 4.40 Å². The maximum Gasteiger partial charge on any atom is 0.155 e. The molecule has 2 aliphatic rings. The quantitative estimate of drug-likeness (QED) is 0.527. The van der Waals surface area contributed by atoms with Crippen LogP contribution in [0.5, 0.6) is 0 Å². The van der Waals surface area contributed by atoms with E-state index in [1.54, 1.807) is 0 Å². The number of anilines is 1. The SMILES string of the molecule is CN(C)[C@H]1CCN(c2nc(-c3ccccc3)c(C3CCCCCCCC3)n3cncc23)C1. The molecule has 2 aromatic heterocycles. The van der Waals surface area contributed by atoms with E-state index in [4.69, 9.17) is 4.98 Å². The van der Waals surface area contributed by atoms with E-state index in [2.05, 4.69) is 63.6 Å².